The minimum absolute atomic E-state index is 0.0150. The first-order valence-corrected chi connectivity index (χ1v) is 26.0. The number of aromatic amines is 1. The van der Waals surface area contributed by atoms with Gasteiger partial charge in [0.25, 0.3) is 27.5 Å². The van der Waals surface area contributed by atoms with Gasteiger partial charge in [-0.3, -0.25) is 19.8 Å². The number of ether oxygens (including phenoxy) is 3. The number of pyridine rings is 1. The van der Waals surface area contributed by atoms with Gasteiger partial charge in [-0.05, 0) is 117 Å². The molecule has 2 aromatic heterocycles. The molecule has 4 aliphatic rings. The highest BCUT2D eigenvalue weighted by Gasteiger charge is 2.49. The highest BCUT2D eigenvalue weighted by Crippen LogP contribution is 2.49. The van der Waals surface area contributed by atoms with Crippen LogP contribution in [-0.4, -0.2) is 104 Å². The lowest BCUT2D eigenvalue weighted by Gasteiger charge is -2.57. The molecule has 374 valence electrons. The van der Waals surface area contributed by atoms with Gasteiger partial charge in [-0.2, -0.15) is 4.98 Å². The van der Waals surface area contributed by atoms with Crippen LogP contribution in [0.25, 0.3) is 11.0 Å². The Kier molecular flexibility index (Phi) is 14.1. The van der Waals surface area contributed by atoms with Crippen LogP contribution in [0.15, 0.2) is 77.8 Å². The fraction of sp³-hybridized carbons (Fsp3) is 0.500. The number of nitro groups is 1. The number of methoxy groups -OCH3 is 1. The van der Waals surface area contributed by atoms with Gasteiger partial charge in [-0.1, -0.05) is 44.5 Å². The Morgan fingerprint density at radius 2 is 1.76 bits per heavy atom. The molecular weight excluding hydrogens is 918 g/mol. The number of nitro benzene ring substituents is 1. The van der Waals surface area contributed by atoms with Crippen LogP contribution in [0.1, 0.15) is 112 Å². The van der Waals surface area contributed by atoms with E-state index in [-0.39, 0.29) is 64.2 Å². The molecule has 18 heteroatoms. The van der Waals surface area contributed by atoms with Crippen molar-refractivity contribution in [3.05, 3.63) is 106 Å². The smallest absolute Gasteiger partial charge is 0.293 e. The number of piperidine rings is 1. The molecule has 2 aliphatic heterocycles. The van der Waals surface area contributed by atoms with Crippen LogP contribution < -0.4 is 24.4 Å². The Morgan fingerprint density at radius 1 is 1.00 bits per heavy atom. The molecule has 16 nitrogen and oxygen atoms in total. The molecular formula is C52H64FN7O9S. The van der Waals surface area contributed by atoms with Crippen LogP contribution in [0.4, 0.5) is 21.5 Å². The topological polar surface area (TPSA) is 201 Å². The molecule has 2 atom stereocenters. The second-order valence-corrected chi connectivity index (χ2v) is 22.1. The van der Waals surface area contributed by atoms with E-state index in [0.29, 0.717) is 37.3 Å². The number of rotatable bonds is 17. The molecule has 2 saturated heterocycles. The predicted molar refractivity (Wildman–Crippen MR) is 265 cm³/mol. The number of amides is 1. The van der Waals surface area contributed by atoms with Crippen LogP contribution in [0, 0.1) is 27.3 Å². The lowest BCUT2D eigenvalue weighted by Crippen LogP contribution is -2.63. The Balaban J connectivity index is 0.945. The molecule has 2 saturated carbocycles. The number of anilines is 2. The summed E-state index contributed by atoms with van der Waals surface area (Å²) in [6.07, 6.45) is 9.45. The van der Waals surface area contributed by atoms with Crippen LogP contribution in [0.2, 0.25) is 0 Å². The Morgan fingerprint density at radius 3 is 2.49 bits per heavy atom. The molecule has 4 heterocycles. The van der Waals surface area contributed by atoms with Gasteiger partial charge in [0.2, 0.25) is 0 Å². The van der Waals surface area contributed by atoms with Crippen LogP contribution >= 0.6 is 0 Å². The van der Waals surface area contributed by atoms with Gasteiger partial charge in [0.05, 0.1) is 33.0 Å². The van der Waals surface area contributed by atoms with Crippen molar-refractivity contribution in [3.63, 3.8) is 0 Å². The summed E-state index contributed by atoms with van der Waals surface area (Å²) in [7, 11) is -3.17. The largest absolute Gasteiger partial charge is 0.473 e. The minimum atomic E-state index is -4.68. The highest BCUT2D eigenvalue weighted by atomic mass is 32.2. The third-order valence-electron chi connectivity index (χ3n) is 15.2. The van der Waals surface area contributed by atoms with E-state index in [1.54, 1.807) is 19.1 Å². The van der Waals surface area contributed by atoms with Crippen molar-refractivity contribution in [2.45, 2.75) is 107 Å². The van der Waals surface area contributed by atoms with E-state index in [9.17, 15) is 32.8 Å². The first-order chi connectivity index (χ1) is 33.5. The van der Waals surface area contributed by atoms with Gasteiger partial charge in [0.1, 0.15) is 29.5 Å². The summed E-state index contributed by atoms with van der Waals surface area (Å²) in [6, 6.07) is 19.2. The zero-order valence-corrected chi connectivity index (χ0v) is 41.2. The van der Waals surface area contributed by atoms with E-state index in [1.165, 1.54) is 61.8 Å². The number of hydrogen-bond donors (Lipinski definition) is 4. The molecule has 70 heavy (non-hydrogen) atoms. The van der Waals surface area contributed by atoms with E-state index < -0.39 is 42.9 Å². The summed E-state index contributed by atoms with van der Waals surface area (Å²) < 4.78 is 62.4. The standard InChI is InChI=1S/C52H64FN7O9S/c1-33(2)37-8-5-6-9-38(37)39-10-7-11-44(39)59-31-52(32-59)20-22-58(23-21-52)35-12-14-40(46(26-35)69-47-28-41-42(53)30-55-48(41)56-50(47)68-25-24-67-4)49(61)57-70(65,66)36-13-15-43(45(27-36)60(63)64)54-29-34-16-18-51(3,62)19-17-34/h5-6,8-9,12-15,26-28,30,33-34,39,44,54,62H,7,10-11,16-25,29,31-32H2,1-4H3,(H,55,56)(H,57,61)/t34?,39-,44-,51?/m1/s1. The maximum Gasteiger partial charge on any atom is 0.293 e. The normalized spacial score (nSPS) is 22.6. The third-order valence-corrected chi connectivity index (χ3v) is 16.5. The number of hydrogen-bond acceptors (Lipinski definition) is 13. The average Bonchev–Trinajstić information content (AvgIpc) is 3.96. The van der Waals surface area contributed by atoms with Crippen LogP contribution in [0.5, 0.6) is 17.4 Å². The van der Waals surface area contributed by atoms with Crippen molar-refractivity contribution in [1.29, 1.82) is 0 Å². The van der Waals surface area contributed by atoms with E-state index in [0.717, 1.165) is 69.8 Å². The zero-order valence-electron chi connectivity index (χ0n) is 40.3. The van der Waals surface area contributed by atoms with Crippen molar-refractivity contribution in [3.8, 4) is 17.4 Å². The lowest BCUT2D eigenvalue weighted by molar-refractivity contribution is -0.384. The average molecular weight is 982 g/mol. The SMILES string of the molecule is COCCOc1nc2[nH]cc(F)c2cc1Oc1cc(N2CCC3(CC2)CN([C@@H]2CCC[C@@H]2c2ccccc2C(C)C)C3)ccc1C(=O)NS(=O)(=O)c1ccc(NCC2CCC(C)(O)CC2)c([N+](=O)[O-])c1. The second-order valence-electron chi connectivity index (χ2n) is 20.4. The molecule has 0 radical (unpaired) electrons. The summed E-state index contributed by atoms with van der Waals surface area (Å²) in [4.78, 5) is 37.5. The summed E-state index contributed by atoms with van der Waals surface area (Å²) in [6.45, 7) is 10.6. The molecule has 5 aromatic rings. The monoisotopic (exact) mass is 981 g/mol. The molecule has 2 aliphatic carbocycles. The second kappa shape index (κ2) is 20.1. The van der Waals surface area contributed by atoms with E-state index in [4.69, 9.17) is 14.2 Å². The van der Waals surface area contributed by atoms with Gasteiger partial charge in [-0.25, -0.2) is 17.5 Å². The molecule has 4 fully saturated rings. The van der Waals surface area contributed by atoms with Crippen molar-refractivity contribution < 1.29 is 41.8 Å². The summed E-state index contributed by atoms with van der Waals surface area (Å²) in [5.74, 6) is -0.550. The van der Waals surface area contributed by atoms with Crippen molar-refractivity contribution in [2.75, 3.05) is 63.3 Å². The summed E-state index contributed by atoms with van der Waals surface area (Å²) in [5.41, 5.74) is 2.86. The number of carbonyl (C=O) groups is 1. The number of fused-ring (bicyclic) bond motifs is 1. The highest BCUT2D eigenvalue weighted by molar-refractivity contribution is 7.90. The fourth-order valence-electron chi connectivity index (χ4n) is 11.2. The van der Waals surface area contributed by atoms with Crippen molar-refractivity contribution in [1.82, 2.24) is 19.6 Å². The Bertz CT molecular complexity index is 2830. The number of aliphatic hydroxyl groups is 1. The number of H-pyrrole nitrogens is 1. The van der Waals surface area contributed by atoms with E-state index >= 15 is 0 Å². The maximum absolute atomic E-state index is 15.0. The van der Waals surface area contributed by atoms with Gasteiger partial charge in [0, 0.05) is 76.0 Å². The number of sulfonamides is 1. The first kappa shape index (κ1) is 49.2. The quantitative estimate of drug-likeness (QED) is 0.0391. The van der Waals surface area contributed by atoms with Gasteiger partial charge in [0.15, 0.2) is 5.75 Å². The van der Waals surface area contributed by atoms with E-state index in [2.05, 4.69) is 67.9 Å². The summed E-state index contributed by atoms with van der Waals surface area (Å²) in [5, 5.41) is 25.8. The Labute approximate surface area is 408 Å². The molecule has 0 bridgehead atoms. The summed E-state index contributed by atoms with van der Waals surface area (Å²) >= 11 is 0. The Hall–Kier alpha value is -5.82. The van der Waals surface area contributed by atoms with Gasteiger partial charge in [-0.15, -0.1) is 0 Å². The lowest BCUT2D eigenvalue weighted by atomic mass is 9.70. The van der Waals surface area contributed by atoms with Crippen LogP contribution in [0.3, 0.4) is 0 Å². The zero-order chi connectivity index (χ0) is 49.4. The number of halogens is 1. The van der Waals surface area contributed by atoms with Gasteiger partial charge < -0.3 is 34.5 Å². The molecule has 0 unspecified atom stereocenters. The third kappa shape index (κ3) is 10.5. The molecule has 9 rings (SSSR count). The fourth-order valence-corrected chi connectivity index (χ4v) is 12.2. The first-order valence-electron chi connectivity index (χ1n) is 24.5. The number of carbonyl (C=O) groups excluding carboxylic acids is 1. The predicted octanol–water partition coefficient (Wildman–Crippen LogP) is 9.26. The minimum Gasteiger partial charge on any atom is -0.473 e. The van der Waals surface area contributed by atoms with Crippen molar-refractivity contribution >= 4 is 44.0 Å². The number of nitrogens with one attached hydrogen (secondary N) is 3. The van der Waals surface area contributed by atoms with E-state index in [1.807, 2.05) is 0 Å². The number of benzene rings is 3. The maximum atomic E-state index is 15.0. The van der Waals surface area contributed by atoms with Gasteiger partial charge >= 0.3 is 0 Å². The number of aromatic nitrogens is 2. The van der Waals surface area contributed by atoms with Crippen molar-refractivity contribution in [2.24, 2.45) is 11.3 Å². The number of likely N-dealkylation sites (tertiary alicyclic amines) is 1. The number of nitrogens with zero attached hydrogens (tertiary/aromatic N) is 4. The molecule has 4 N–H and O–H groups in total. The molecule has 3 aromatic carbocycles. The molecule has 1 spiro atoms. The molecule has 1 amide bonds. The van der Waals surface area contributed by atoms with Crippen LogP contribution in [-0.2, 0) is 14.8 Å².